The van der Waals surface area contributed by atoms with Crippen LogP contribution in [0.2, 0.25) is 0 Å². The standard InChI is InChI=1S/C5H9Cl3O2/c1-4(2,10-9)3-5(6,7)8/h9H,3H2,1-2H3. The first-order valence-corrected chi connectivity index (χ1v) is 3.79. The minimum absolute atomic E-state index is 0.140. The van der Waals surface area contributed by atoms with E-state index in [0.717, 1.165) is 0 Å². The minimum atomic E-state index is -1.38. The summed E-state index contributed by atoms with van der Waals surface area (Å²) in [4.78, 5) is 4.06. The van der Waals surface area contributed by atoms with Crippen molar-refractivity contribution in [2.24, 2.45) is 0 Å². The lowest BCUT2D eigenvalue weighted by Crippen LogP contribution is -2.28. The number of hydrogen-bond donors (Lipinski definition) is 1. The first-order valence-electron chi connectivity index (χ1n) is 2.66. The van der Waals surface area contributed by atoms with Gasteiger partial charge in [0.2, 0.25) is 0 Å². The zero-order valence-electron chi connectivity index (χ0n) is 5.70. The second kappa shape index (κ2) is 3.46. The van der Waals surface area contributed by atoms with Crippen LogP contribution in [0.25, 0.3) is 0 Å². The lowest BCUT2D eigenvalue weighted by atomic mass is 10.1. The van der Waals surface area contributed by atoms with E-state index in [1.165, 1.54) is 0 Å². The summed E-state index contributed by atoms with van der Waals surface area (Å²) < 4.78 is -1.38. The summed E-state index contributed by atoms with van der Waals surface area (Å²) in [6.07, 6.45) is 0.140. The molecule has 0 aliphatic heterocycles. The Balaban J connectivity index is 3.89. The minimum Gasteiger partial charge on any atom is -0.251 e. The molecule has 0 spiro atoms. The van der Waals surface area contributed by atoms with Gasteiger partial charge < -0.3 is 0 Å². The van der Waals surface area contributed by atoms with Crippen LogP contribution < -0.4 is 0 Å². The van der Waals surface area contributed by atoms with Crippen molar-refractivity contribution in [2.45, 2.75) is 29.7 Å². The SMILES string of the molecule is CC(C)(CC(Cl)(Cl)Cl)OO. The molecule has 0 aliphatic carbocycles. The summed E-state index contributed by atoms with van der Waals surface area (Å²) in [5.41, 5.74) is -0.814. The molecule has 10 heavy (non-hydrogen) atoms. The van der Waals surface area contributed by atoms with Gasteiger partial charge in [-0.05, 0) is 13.8 Å². The van der Waals surface area contributed by atoms with E-state index >= 15 is 0 Å². The molecule has 0 heterocycles. The molecule has 0 aliphatic rings. The van der Waals surface area contributed by atoms with Gasteiger partial charge in [0.05, 0.1) is 0 Å². The smallest absolute Gasteiger partial charge is 0.193 e. The number of alkyl halides is 3. The first-order chi connectivity index (χ1) is 4.27. The molecule has 0 radical (unpaired) electrons. The van der Waals surface area contributed by atoms with Crippen molar-refractivity contribution in [3.63, 3.8) is 0 Å². The Labute approximate surface area is 74.9 Å². The highest BCUT2D eigenvalue weighted by Gasteiger charge is 2.31. The van der Waals surface area contributed by atoms with Crippen molar-refractivity contribution in [3.8, 4) is 0 Å². The van der Waals surface area contributed by atoms with Crippen molar-refractivity contribution >= 4 is 34.8 Å². The maximum Gasteiger partial charge on any atom is 0.193 e. The number of halogens is 3. The Morgan fingerprint density at radius 2 is 1.70 bits per heavy atom. The van der Waals surface area contributed by atoms with E-state index in [1.54, 1.807) is 13.8 Å². The Hall–Kier alpha value is 0.790. The third-order valence-corrected chi connectivity index (χ3v) is 1.27. The molecule has 0 aromatic rings. The van der Waals surface area contributed by atoms with E-state index in [9.17, 15) is 0 Å². The van der Waals surface area contributed by atoms with Gasteiger partial charge in [0, 0.05) is 6.42 Å². The summed E-state index contributed by atoms with van der Waals surface area (Å²) >= 11 is 16.3. The topological polar surface area (TPSA) is 29.5 Å². The van der Waals surface area contributed by atoms with Crippen LogP contribution in [0.4, 0.5) is 0 Å². The van der Waals surface area contributed by atoms with Gasteiger partial charge >= 0.3 is 0 Å². The Kier molecular flexibility index (Phi) is 3.73. The Morgan fingerprint density at radius 3 is 1.80 bits per heavy atom. The highest BCUT2D eigenvalue weighted by atomic mass is 35.6. The summed E-state index contributed by atoms with van der Waals surface area (Å²) in [5.74, 6) is 0. The Bertz CT molecular complexity index is 108. The Morgan fingerprint density at radius 1 is 1.30 bits per heavy atom. The summed E-state index contributed by atoms with van der Waals surface area (Å²) in [7, 11) is 0. The average molecular weight is 207 g/mol. The van der Waals surface area contributed by atoms with Crippen LogP contribution in [-0.4, -0.2) is 14.7 Å². The molecule has 0 fully saturated rings. The second-order valence-electron chi connectivity index (χ2n) is 2.64. The molecule has 0 bridgehead atoms. The highest BCUT2D eigenvalue weighted by molar-refractivity contribution is 6.67. The zero-order valence-corrected chi connectivity index (χ0v) is 7.96. The molecule has 0 aromatic heterocycles. The van der Waals surface area contributed by atoms with E-state index in [1.807, 2.05) is 0 Å². The summed E-state index contributed by atoms with van der Waals surface area (Å²) in [6.45, 7) is 3.24. The molecule has 1 N–H and O–H groups in total. The number of rotatable bonds is 2. The molecule has 0 aromatic carbocycles. The molecule has 0 saturated carbocycles. The molecule has 0 amide bonds. The molecule has 0 unspecified atom stereocenters. The van der Waals surface area contributed by atoms with Gasteiger partial charge in [-0.2, -0.15) is 0 Å². The maximum atomic E-state index is 8.28. The van der Waals surface area contributed by atoms with Crippen molar-refractivity contribution in [1.29, 1.82) is 0 Å². The lowest BCUT2D eigenvalue weighted by Gasteiger charge is -2.24. The lowest BCUT2D eigenvalue weighted by molar-refractivity contribution is -0.313. The van der Waals surface area contributed by atoms with Gasteiger partial charge in [0.25, 0.3) is 0 Å². The average Bonchev–Trinajstić information content (AvgIpc) is 1.60. The van der Waals surface area contributed by atoms with E-state index in [2.05, 4.69) is 4.89 Å². The zero-order chi connectivity index (χ0) is 8.41. The fourth-order valence-corrected chi connectivity index (χ4v) is 1.48. The van der Waals surface area contributed by atoms with E-state index in [4.69, 9.17) is 40.1 Å². The van der Waals surface area contributed by atoms with Crippen LogP contribution in [0.15, 0.2) is 0 Å². The summed E-state index contributed by atoms with van der Waals surface area (Å²) in [6, 6.07) is 0. The monoisotopic (exact) mass is 206 g/mol. The van der Waals surface area contributed by atoms with Crippen molar-refractivity contribution in [2.75, 3.05) is 0 Å². The van der Waals surface area contributed by atoms with Gasteiger partial charge in [-0.15, -0.1) is 0 Å². The normalized spacial score (nSPS) is 13.8. The predicted octanol–water partition coefficient (Wildman–Crippen LogP) is 3.01. The molecule has 0 atom stereocenters. The number of hydrogen-bond acceptors (Lipinski definition) is 2. The third kappa shape index (κ3) is 5.57. The highest BCUT2D eigenvalue weighted by Crippen LogP contribution is 2.35. The van der Waals surface area contributed by atoms with Gasteiger partial charge in [-0.3, -0.25) is 5.26 Å². The molecular weight excluding hydrogens is 198 g/mol. The van der Waals surface area contributed by atoms with Crippen LogP contribution in [0, 0.1) is 0 Å². The van der Waals surface area contributed by atoms with Crippen LogP contribution in [0.3, 0.4) is 0 Å². The largest absolute Gasteiger partial charge is 0.251 e. The maximum absolute atomic E-state index is 8.28. The van der Waals surface area contributed by atoms with Crippen molar-refractivity contribution in [3.05, 3.63) is 0 Å². The second-order valence-corrected chi connectivity index (χ2v) is 5.16. The van der Waals surface area contributed by atoms with Crippen LogP contribution >= 0.6 is 34.8 Å². The van der Waals surface area contributed by atoms with Crippen LogP contribution in [-0.2, 0) is 4.89 Å². The molecule has 5 heteroatoms. The van der Waals surface area contributed by atoms with Crippen LogP contribution in [0.1, 0.15) is 20.3 Å². The summed E-state index contributed by atoms with van der Waals surface area (Å²) in [5, 5.41) is 8.28. The molecule has 0 rings (SSSR count). The predicted molar refractivity (Wildman–Crippen MR) is 42.7 cm³/mol. The van der Waals surface area contributed by atoms with Crippen LogP contribution in [0.5, 0.6) is 0 Å². The quantitative estimate of drug-likeness (QED) is 0.428. The van der Waals surface area contributed by atoms with E-state index in [0.29, 0.717) is 0 Å². The van der Waals surface area contributed by atoms with Gasteiger partial charge in [-0.1, -0.05) is 34.8 Å². The fourth-order valence-electron chi connectivity index (χ4n) is 0.515. The van der Waals surface area contributed by atoms with E-state index < -0.39 is 9.39 Å². The first kappa shape index (κ1) is 10.8. The fraction of sp³-hybridized carbons (Fsp3) is 1.00. The van der Waals surface area contributed by atoms with E-state index in [-0.39, 0.29) is 6.42 Å². The molecule has 0 saturated heterocycles. The third-order valence-electron chi connectivity index (χ3n) is 0.873. The van der Waals surface area contributed by atoms with Gasteiger partial charge in [0.15, 0.2) is 3.79 Å². The van der Waals surface area contributed by atoms with Crippen molar-refractivity contribution in [1.82, 2.24) is 0 Å². The molecule has 2 nitrogen and oxygen atoms in total. The van der Waals surface area contributed by atoms with Gasteiger partial charge in [0.1, 0.15) is 5.60 Å². The molecular formula is C5H9Cl3O2. The van der Waals surface area contributed by atoms with Gasteiger partial charge in [-0.25, -0.2) is 4.89 Å². The molecule has 62 valence electrons. The van der Waals surface area contributed by atoms with Crippen molar-refractivity contribution < 1.29 is 10.1 Å².